The molecule has 1 fully saturated rings. The summed E-state index contributed by atoms with van der Waals surface area (Å²) in [5.74, 6) is -0.248. The van der Waals surface area contributed by atoms with Crippen LogP contribution < -0.4 is 0 Å². The summed E-state index contributed by atoms with van der Waals surface area (Å²) in [4.78, 5) is 0.996. The molecule has 4 heteroatoms. The molecule has 0 spiro atoms. The number of ether oxygens (including phenoxy) is 1. The summed E-state index contributed by atoms with van der Waals surface area (Å²) >= 11 is 1.74. The van der Waals surface area contributed by atoms with Crippen LogP contribution >= 0.6 is 11.8 Å². The molecule has 1 atom stereocenters. The second-order valence-corrected chi connectivity index (χ2v) is 6.09. The number of hydrogen-bond acceptors (Lipinski definition) is 3. The third kappa shape index (κ3) is 3.25. The van der Waals surface area contributed by atoms with Gasteiger partial charge in [0.2, 0.25) is 0 Å². The Labute approximate surface area is 112 Å². The zero-order valence-electron chi connectivity index (χ0n) is 10.8. The predicted octanol–water partition coefficient (Wildman–Crippen LogP) is 3.46. The van der Waals surface area contributed by atoms with Crippen LogP contribution in [0.4, 0.5) is 4.39 Å². The molecule has 1 aliphatic heterocycles. The fraction of sp³-hybridized carbons (Fsp3) is 0.571. The van der Waals surface area contributed by atoms with E-state index in [-0.39, 0.29) is 5.82 Å². The van der Waals surface area contributed by atoms with Crippen LogP contribution in [0.1, 0.15) is 37.0 Å². The van der Waals surface area contributed by atoms with Crippen LogP contribution in [0, 0.1) is 12.7 Å². The van der Waals surface area contributed by atoms with Gasteiger partial charge in [-0.3, -0.25) is 0 Å². The zero-order chi connectivity index (χ0) is 13.1. The molecule has 0 aromatic heterocycles. The maximum absolute atomic E-state index is 13.6. The fourth-order valence-corrected chi connectivity index (χ4v) is 3.47. The number of thioether (sulfide) groups is 1. The van der Waals surface area contributed by atoms with E-state index in [0.717, 1.165) is 31.0 Å². The lowest BCUT2D eigenvalue weighted by Crippen LogP contribution is -2.17. The SMILES string of the molecule is Cc1cc(SC2CCOCC2)c(C(C)O)cc1F. The smallest absolute Gasteiger partial charge is 0.126 e. The van der Waals surface area contributed by atoms with Crippen molar-refractivity contribution in [3.8, 4) is 0 Å². The normalized spacial score (nSPS) is 18.9. The Balaban J connectivity index is 2.21. The molecule has 0 amide bonds. The molecule has 0 bridgehead atoms. The Morgan fingerprint density at radius 2 is 2.06 bits per heavy atom. The molecule has 2 rings (SSSR count). The first kappa shape index (κ1) is 13.8. The zero-order valence-corrected chi connectivity index (χ0v) is 11.6. The molecule has 1 unspecified atom stereocenters. The predicted molar refractivity (Wildman–Crippen MR) is 71.5 cm³/mol. The van der Waals surface area contributed by atoms with E-state index in [4.69, 9.17) is 4.74 Å². The number of aliphatic hydroxyl groups is 1. The van der Waals surface area contributed by atoms with Crippen molar-refractivity contribution in [3.05, 3.63) is 29.1 Å². The van der Waals surface area contributed by atoms with Gasteiger partial charge in [0.15, 0.2) is 0 Å². The fourth-order valence-electron chi connectivity index (χ4n) is 2.07. The Morgan fingerprint density at radius 3 is 2.67 bits per heavy atom. The van der Waals surface area contributed by atoms with E-state index in [1.165, 1.54) is 6.07 Å². The molecule has 1 heterocycles. The lowest BCUT2D eigenvalue weighted by atomic mass is 10.1. The van der Waals surface area contributed by atoms with Crippen LogP contribution in [-0.2, 0) is 4.74 Å². The standard InChI is InChI=1S/C14H19FO2S/c1-9-7-14(12(10(2)16)8-13(9)15)18-11-3-5-17-6-4-11/h7-8,10-11,16H,3-6H2,1-2H3. The van der Waals surface area contributed by atoms with Crippen molar-refractivity contribution in [1.29, 1.82) is 0 Å². The monoisotopic (exact) mass is 270 g/mol. The molecule has 0 saturated carbocycles. The van der Waals surface area contributed by atoms with Gasteiger partial charge in [0, 0.05) is 23.4 Å². The van der Waals surface area contributed by atoms with Gasteiger partial charge in [-0.1, -0.05) is 0 Å². The van der Waals surface area contributed by atoms with Crippen LogP contribution in [0.2, 0.25) is 0 Å². The maximum atomic E-state index is 13.6. The largest absolute Gasteiger partial charge is 0.389 e. The summed E-state index contributed by atoms with van der Waals surface area (Å²) in [6, 6.07) is 3.30. The van der Waals surface area contributed by atoms with Gasteiger partial charge in [-0.05, 0) is 49.9 Å². The average Bonchev–Trinajstić information content (AvgIpc) is 2.34. The van der Waals surface area contributed by atoms with Crippen LogP contribution in [0.3, 0.4) is 0 Å². The van der Waals surface area contributed by atoms with Gasteiger partial charge in [-0.15, -0.1) is 11.8 Å². The first-order chi connectivity index (χ1) is 8.58. The highest BCUT2D eigenvalue weighted by Gasteiger charge is 2.19. The van der Waals surface area contributed by atoms with Crippen molar-refractivity contribution in [1.82, 2.24) is 0 Å². The van der Waals surface area contributed by atoms with E-state index in [0.29, 0.717) is 16.4 Å². The highest BCUT2D eigenvalue weighted by atomic mass is 32.2. The summed E-state index contributed by atoms with van der Waals surface area (Å²) in [5, 5.41) is 10.2. The summed E-state index contributed by atoms with van der Waals surface area (Å²) in [6.45, 7) is 5.02. The van der Waals surface area contributed by atoms with Crippen LogP contribution in [0.5, 0.6) is 0 Å². The van der Waals surface area contributed by atoms with E-state index >= 15 is 0 Å². The molecule has 1 aliphatic rings. The lowest BCUT2D eigenvalue weighted by molar-refractivity contribution is 0.1000. The van der Waals surface area contributed by atoms with E-state index in [2.05, 4.69) is 0 Å². The molecule has 0 radical (unpaired) electrons. The molecule has 2 nitrogen and oxygen atoms in total. The first-order valence-corrected chi connectivity index (χ1v) is 7.18. The average molecular weight is 270 g/mol. The Bertz CT molecular complexity index is 415. The van der Waals surface area contributed by atoms with Gasteiger partial charge in [0.25, 0.3) is 0 Å². The number of hydrogen-bond donors (Lipinski definition) is 1. The molecule has 1 aromatic rings. The molecule has 1 N–H and O–H groups in total. The van der Waals surface area contributed by atoms with Crippen LogP contribution in [0.25, 0.3) is 0 Å². The van der Waals surface area contributed by atoms with Crippen molar-refractivity contribution in [2.75, 3.05) is 13.2 Å². The minimum atomic E-state index is -0.637. The highest BCUT2D eigenvalue weighted by Crippen LogP contribution is 2.35. The molecule has 1 aromatic carbocycles. The summed E-state index contributed by atoms with van der Waals surface area (Å²) < 4.78 is 18.9. The van der Waals surface area contributed by atoms with Crippen molar-refractivity contribution < 1.29 is 14.2 Å². The minimum Gasteiger partial charge on any atom is -0.389 e. The third-order valence-corrected chi connectivity index (χ3v) is 4.62. The van der Waals surface area contributed by atoms with Gasteiger partial charge < -0.3 is 9.84 Å². The van der Waals surface area contributed by atoms with Crippen LogP contribution in [0.15, 0.2) is 17.0 Å². The summed E-state index contributed by atoms with van der Waals surface area (Å²) in [5.41, 5.74) is 1.32. The highest BCUT2D eigenvalue weighted by molar-refractivity contribution is 8.00. The minimum absolute atomic E-state index is 0.248. The van der Waals surface area contributed by atoms with Gasteiger partial charge >= 0.3 is 0 Å². The third-order valence-electron chi connectivity index (χ3n) is 3.20. The lowest BCUT2D eigenvalue weighted by Gasteiger charge is -2.23. The van der Waals surface area contributed by atoms with Crippen molar-refractivity contribution in [2.45, 2.75) is 42.9 Å². The van der Waals surface area contributed by atoms with E-state index < -0.39 is 6.10 Å². The quantitative estimate of drug-likeness (QED) is 0.912. The summed E-state index contributed by atoms with van der Waals surface area (Å²) in [6.07, 6.45) is 1.39. The molecular weight excluding hydrogens is 251 g/mol. The second kappa shape index (κ2) is 6.04. The number of rotatable bonds is 3. The van der Waals surface area contributed by atoms with Crippen LogP contribution in [-0.4, -0.2) is 23.6 Å². The van der Waals surface area contributed by atoms with Crippen molar-refractivity contribution in [3.63, 3.8) is 0 Å². The van der Waals surface area contributed by atoms with Gasteiger partial charge in [-0.25, -0.2) is 4.39 Å². The number of halogens is 1. The molecular formula is C14H19FO2S. The van der Waals surface area contributed by atoms with Gasteiger partial charge in [-0.2, -0.15) is 0 Å². The number of aryl methyl sites for hydroxylation is 1. The Morgan fingerprint density at radius 1 is 1.39 bits per heavy atom. The second-order valence-electron chi connectivity index (χ2n) is 4.74. The number of benzene rings is 1. The Hall–Kier alpha value is -0.580. The molecule has 0 aliphatic carbocycles. The van der Waals surface area contributed by atoms with Crippen molar-refractivity contribution >= 4 is 11.8 Å². The maximum Gasteiger partial charge on any atom is 0.126 e. The molecule has 1 saturated heterocycles. The topological polar surface area (TPSA) is 29.5 Å². The number of aliphatic hydroxyl groups excluding tert-OH is 1. The van der Waals surface area contributed by atoms with Gasteiger partial charge in [0.05, 0.1) is 6.10 Å². The van der Waals surface area contributed by atoms with E-state index in [1.807, 2.05) is 6.07 Å². The Kier molecular flexibility index (Phi) is 4.65. The van der Waals surface area contributed by atoms with E-state index in [9.17, 15) is 9.50 Å². The van der Waals surface area contributed by atoms with Crippen molar-refractivity contribution in [2.24, 2.45) is 0 Å². The summed E-state index contributed by atoms with van der Waals surface area (Å²) in [7, 11) is 0. The van der Waals surface area contributed by atoms with Gasteiger partial charge in [0.1, 0.15) is 5.82 Å². The first-order valence-electron chi connectivity index (χ1n) is 6.30. The van der Waals surface area contributed by atoms with E-state index in [1.54, 1.807) is 25.6 Å². The molecule has 100 valence electrons. The molecule has 18 heavy (non-hydrogen) atoms.